The zero-order chi connectivity index (χ0) is 20.9. The fraction of sp³-hybridized carbons (Fsp3) is 0.500. The molecule has 28 heavy (non-hydrogen) atoms. The summed E-state index contributed by atoms with van der Waals surface area (Å²) in [6, 6.07) is 3.74. The number of amides is 3. The number of carbonyl (C=O) groups excluding carboxylic acids is 2. The van der Waals surface area contributed by atoms with Crippen LogP contribution < -0.4 is 15.5 Å². The van der Waals surface area contributed by atoms with Gasteiger partial charge < -0.3 is 20.4 Å². The van der Waals surface area contributed by atoms with Crippen molar-refractivity contribution < 1.29 is 22.8 Å². The lowest BCUT2D eigenvalue weighted by Crippen LogP contribution is -2.61. The zero-order valence-electron chi connectivity index (χ0n) is 15.6. The lowest BCUT2D eigenvalue weighted by atomic mass is 10.0. The third kappa shape index (κ3) is 4.65. The van der Waals surface area contributed by atoms with E-state index in [-0.39, 0.29) is 31.4 Å². The van der Waals surface area contributed by atoms with E-state index in [1.165, 1.54) is 29.0 Å². The average molecular weight is 397 g/mol. The van der Waals surface area contributed by atoms with Gasteiger partial charge in [-0.1, -0.05) is 6.92 Å². The summed E-state index contributed by atoms with van der Waals surface area (Å²) in [6.45, 7) is 2.88. The second-order valence-electron chi connectivity index (χ2n) is 6.34. The van der Waals surface area contributed by atoms with Crippen LogP contribution in [0.2, 0.25) is 0 Å². The van der Waals surface area contributed by atoms with Gasteiger partial charge in [0.15, 0.2) is 0 Å². The molecule has 1 fully saturated rings. The van der Waals surface area contributed by atoms with E-state index in [9.17, 15) is 22.8 Å². The first kappa shape index (κ1) is 21.3. The van der Waals surface area contributed by atoms with Crippen LogP contribution in [0.25, 0.3) is 0 Å². The number of nitriles is 1. The van der Waals surface area contributed by atoms with Gasteiger partial charge in [-0.25, -0.2) is 4.79 Å². The highest BCUT2D eigenvalue weighted by Gasteiger charge is 2.37. The molecule has 1 aliphatic rings. The Kier molecular flexibility index (Phi) is 6.72. The van der Waals surface area contributed by atoms with Crippen LogP contribution in [-0.4, -0.2) is 56.1 Å². The fourth-order valence-electron chi connectivity index (χ4n) is 3.05. The van der Waals surface area contributed by atoms with Crippen LogP contribution in [0, 0.1) is 11.3 Å². The number of hydrogen-bond donors (Lipinski definition) is 2. The second-order valence-corrected chi connectivity index (χ2v) is 6.34. The first-order valence-corrected chi connectivity index (χ1v) is 8.85. The Balaban J connectivity index is 2.33. The van der Waals surface area contributed by atoms with Gasteiger partial charge in [0.2, 0.25) is 5.91 Å². The largest absolute Gasteiger partial charge is 0.417 e. The van der Waals surface area contributed by atoms with E-state index in [0.717, 1.165) is 18.6 Å². The number of rotatable bonds is 4. The number of benzene rings is 1. The van der Waals surface area contributed by atoms with E-state index in [2.05, 4.69) is 10.6 Å². The first-order chi connectivity index (χ1) is 13.2. The molecule has 10 heteroatoms. The number of halogens is 3. The number of anilines is 1. The van der Waals surface area contributed by atoms with E-state index in [4.69, 9.17) is 5.26 Å². The lowest BCUT2D eigenvalue weighted by Gasteiger charge is -2.41. The van der Waals surface area contributed by atoms with E-state index in [1.807, 2.05) is 6.92 Å². The monoisotopic (exact) mass is 397 g/mol. The highest BCUT2D eigenvalue weighted by Crippen LogP contribution is 2.35. The molecule has 1 saturated heterocycles. The third-order valence-corrected chi connectivity index (χ3v) is 4.50. The Labute approximate surface area is 161 Å². The molecule has 1 aromatic rings. The molecule has 1 heterocycles. The van der Waals surface area contributed by atoms with Gasteiger partial charge in [-0.15, -0.1) is 0 Å². The smallest absolute Gasteiger partial charge is 0.357 e. The van der Waals surface area contributed by atoms with E-state index in [1.54, 1.807) is 0 Å². The number of urea groups is 1. The molecular weight excluding hydrogens is 375 g/mol. The summed E-state index contributed by atoms with van der Waals surface area (Å²) in [5.41, 5.74) is -1.36. The normalized spacial score (nSPS) is 17.1. The van der Waals surface area contributed by atoms with Gasteiger partial charge in [-0.05, 0) is 24.6 Å². The van der Waals surface area contributed by atoms with Gasteiger partial charge in [0, 0.05) is 32.4 Å². The Hall–Kier alpha value is -2.96. The highest BCUT2D eigenvalue weighted by atomic mass is 19.4. The predicted octanol–water partition coefficient (Wildman–Crippen LogP) is 1.93. The van der Waals surface area contributed by atoms with Crippen molar-refractivity contribution >= 4 is 17.6 Å². The maximum Gasteiger partial charge on any atom is 0.417 e. The molecule has 7 nitrogen and oxygen atoms in total. The van der Waals surface area contributed by atoms with Crippen molar-refractivity contribution in [3.8, 4) is 6.07 Å². The van der Waals surface area contributed by atoms with Crippen LogP contribution in [0.1, 0.15) is 24.5 Å². The summed E-state index contributed by atoms with van der Waals surface area (Å²) in [7, 11) is 1.43. The highest BCUT2D eigenvalue weighted by molar-refractivity contribution is 5.87. The number of nitrogens with zero attached hydrogens (tertiary/aromatic N) is 3. The molecular formula is C18H22F3N5O2. The van der Waals surface area contributed by atoms with Gasteiger partial charge in [0.1, 0.15) is 6.04 Å². The number of carbonyl (C=O) groups is 2. The molecule has 2 rings (SSSR count). The quantitative estimate of drug-likeness (QED) is 0.813. The summed E-state index contributed by atoms with van der Waals surface area (Å²) >= 11 is 0. The van der Waals surface area contributed by atoms with Crippen LogP contribution in [0.15, 0.2) is 18.2 Å². The average Bonchev–Trinajstić information content (AvgIpc) is 2.69. The van der Waals surface area contributed by atoms with Crippen LogP contribution in [0.4, 0.5) is 23.7 Å². The Morgan fingerprint density at radius 1 is 1.32 bits per heavy atom. The number of nitrogens with one attached hydrogen (secondary N) is 2. The first-order valence-electron chi connectivity index (χ1n) is 8.85. The number of alkyl halides is 3. The molecule has 0 radical (unpaired) electrons. The summed E-state index contributed by atoms with van der Waals surface area (Å²) < 4.78 is 39.8. The molecule has 0 aromatic heterocycles. The molecule has 3 amide bonds. The van der Waals surface area contributed by atoms with Gasteiger partial charge >= 0.3 is 12.2 Å². The van der Waals surface area contributed by atoms with Crippen molar-refractivity contribution in [1.82, 2.24) is 15.5 Å². The number of likely N-dealkylation sites (N-methyl/N-ethyl adjacent to an activating group) is 1. The molecule has 0 bridgehead atoms. The van der Waals surface area contributed by atoms with Gasteiger partial charge in [-0.2, -0.15) is 18.4 Å². The molecule has 1 unspecified atom stereocenters. The minimum Gasteiger partial charge on any atom is -0.357 e. The van der Waals surface area contributed by atoms with Crippen LogP contribution in [0.5, 0.6) is 0 Å². The summed E-state index contributed by atoms with van der Waals surface area (Å²) in [6.07, 6.45) is -3.93. The van der Waals surface area contributed by atoms with E-state index in [0.29, 0.717) is 6.54 Å². The van der Waals surface area contributed by atoms with E-state index >= 15 is 0 Å². The van der Waals surface area contributed by atoms with Gasteiger partial charge in [0.05, 0.1) is 23.7 Å². The number of piperazine rings is 1. The summed E-state index contributed by atoms with van der Waals surface area (Å²) in [4.78, 5) is 27.6. The topological polar surface area (TPSA) is 88.5 Å². The standard InChI is InChI=1S/C18H22F3N5O2/c1-3-6-24-17(28)25-7-8-26(15(11-25)16(27)23-2)13-5-4-12(10-22)14(9-13)18(19,20)21/h4-5,9,15H,3,6-8,11H2,1-2H3,(H,23,27)(H,24,28). The SMILES string of the molecule is CCCNC(=O)N1CCN(c2ccc(C#N)c(C(F)(F)F)c2)C(C(=O)NC)C1. The minimum atomic E-state index is -4.69. The van der Waals surface area contributed by atoms with Crippen molar-refractivity contribution in [2.75, 3.05) is 38.1 Å². The van der Waals surface area contributed by atoms with Crippen molar-refractivity contribution in [3.63, 3.8) is 0 Å². The van der Waals surface area contributed by atoms with Gasteiger partial charge in [-0.3, -0.25) is 4.79 Å². The van der Waals surface area contributed by atoms with E-state index < -0.39 is 29.3 Å². The molecule has 1 aromatic carbocycles. The van der Waals surface area contributed by atoms with Gasteiger partial charge in [0.25, 0.3) is 0 Å². The maximum absolute atomic E-state index is 13.3. The summed E-state index contributed by atoms with van der Waals surface area (Å²) in [5.74, 6) is -0.411. The zero-order valence-corrected chi connectivity index (χ0v) is 15.6. The van der Waals surface area contributed by atoms with Crippen LogP contribution in [0.3, 0.4) is 0 Å². The molecule has 1 aliphatic heterocycles. The minimum absolute atomic E-state index is 0.0383. The van der Waals surface area contributed by atoms with Crippen LogP contribution >= 0.6 is 0 Å². The maximum atomic E-state index is 13.3. The molecule has 0 spiro atoms. The molecule has 152 valence electrons. The Bertz CT molecular complexity index is 775. The Morgan fingerprint density at radius 3 is 2.61 bits per heavy atom. The molecule has 0 saturated carbocycles. The molecule has 0 aliphatic carbocycles. The van der Waals surface area contributed by atoms with Crippen molar-refractivity contribution in [2.24, 2.45) is 0 Å². The molecule has 1 atom stereocenters. The number of hydrogen-bond acceptors (Lipinski definition) is 4. The lowest BCUT2D eigenvalue weighted by molar-refractivity contribution is -0.137. The predicted molar refractivity (Wildman–Crippen MR) is 96.6 cm³/mol. The molecule has 2 N–H and O–H groups in total. The summed E-state index contributed by atoms with van der Waals surface area (Å²) in [5, 5.41) is 14.2. The third-order valence-electron chi connectivity index (χ3n) is 4.50. The van der Waals surface area contributed by atoms with Crippen molar-refractivity contribution in [2.45, 2.75) is 25.6 Å². The van der Waals surface area contributed by atoms with Crippen LogP contribution in [-0.2, 0) is 11.0 Å². The fourth-order valence-corrected chi connectivity index (χ4v) is 3.05. The van der Waals surface area contributed by atoms with Crippen molar-refractivity contribution in [1.29, 1.82) is 5.26 Å². The van der Waals surface area contributed by atoms with Crippen molar-refractivity contribution in [3.05, 3.63) is 29.3 Å². The Morgan fingerprint density at radius 2 is 2.04 bits per heavy atom. The second kappa shape index (κ2) is 8.82.